The van der Waals surface area contributed by atoms with E-state index < -0.39 is 0 Å². The van der Waals surface area contributed by atoms with E-state index in [1.165, 1.54) is 5.56 Å². The third-order valence-corrected chi connectivity index (χ3v) is 2.74. The van der Waals surface area contributed by atoms with E-state index in [2.05, 4.69) is 35.9 Å². The molecule has 0 saturated carbocycles. The van der Waals surface area contributed by atoms with Crippen molar-refractivity contribution < 1.29 is 0 Å². The summed E-state index contributed by atoms with van der Waals surface area (Å²) in [5.41, 5.74) is 2.17. The molecule has 15 heavy (non-hydrogen) atoms. The Morgan fingerprint density at radius 3 is 2.60 bits per heavy atom. The second-order valence-electron chi connectivity index (χ2n) is 3.99. The highest BCUT2D eigenvalue weighted by Gasteiger charge is 2.06. The lowest BCUT2D eigenvalue weighted by atomic mass is 10.0. The monoisotopic (exact) mass is 220 g/mol. The van der Waals surface area contributed by atoms with Gasteiger partial charge in [-0.2, -0.15) is 0 Å². The lowest BCUT2D eigenvalue weighted by Crippen LogP contribution is -1.93. The first-order chi connectivity index (χ1) is 7.08. The second kappa shape index (κ2) is 3.78. The maximum absolute atomic E-state index is 6.09. The molecule has 0 spiro atoms. The summed E-state index contributed by atoms with van der Waals surface area (Å²) in [6.07, 6.45) is 0. The average Bonchev–Trinajstić information content (AvgIpc) is 2.16. The lowest BCUT2D eigenvalue weighted by Gasteiger charge is -2.07. The quantitative estimate of drug-likeness (QED) is 0.685. The summed E-state index contributed by atoms with van der Waals surface area (Å²) in [4.78, 5) is 8.50. The van der Waals surface area contributed by atoms with Gasteiger partial charge in [-0.3, -0.25) is 0 Å². The molecular formula is C12H13ClN2. The number of nitrogens with zero attached hydrogens (tertiary/aromatic N) is 2. The SMILES string of the molecule is Cc1nc(Cl)c2cc(C(C)C)ccc2n1. The van der Waals surface area contributed by atoms with Crippen LogP contribution in [0.3, 0.4) is 0 Å². The summed E-state index contributed by atoms with van der Waals surface area (Å²) >= 11 is 6.09. The highest BCUT2D eigenvalue weighted by Crippen LogP contribution is 2.24. The molecule has 0 unspecified atom stereocenters. The molecule has 0 amide bonds. The van der Waals surface area contributed by atoms with Gasteiger partial charge in [0.2, 0.25) is 0 Å². The molecule has 0 bridgehead atoms. The molecule has 0 saturated heterocycles. The zero-order valence-corrected chi connectivity index (χ0v) is 9.84. The van der Waals surface area contributed by atoms with Crippen molar-refractivity contribution in [2.75, 3.05) is 0 Å². The molecule has 0 aliphatic carbocycles. The molecule has 2 aromatic rings. The molecule has 0 N–H and O–H groups in total. The Balaban J connectivity index is 2.71. The van der Waals surface area contributed by atoms with E-state index in [0.29, 0.717) is 16.9 Å². The minimum Gasteiger partial charge on any atom is -0.233 e. The van der Waals surface area contributed by atoms with Crippen molar-refractivity contribution in [3.8, 4) is 0 Å². The van der Waals surface area contributed by atoms with Gasteiger partial charge in [0.1, 0.15) is 11.0 Å². The first-order valence-electron chi connectivity index (χ1n) is 5.01. The first kappa shape index (κ1) is 10.4. The van der Waals surface area contributed by atoms with E-state index in [1.54, 1.807) is 0 Å². The Labute approximate surface area is 94.3 Å². The third-order valence-electron chi connectivity index (χ3n) is 2.45. The molecule has 3 heteroatoms. The van der Waals surface area contributed by atoms with Gasteiger partial charge in [-0.05, 0) is 30.5 Å². The van der Waals surface area contributed by atoms with Gasteiger partial charge in [0, 0.05) is 5.39 Å². The van der Waals surface area contributed by atoms with Crippen molar-refractivity contribution in [3.63, 3.8) is 0 Å². The molecule has 0 atom stereocenters. The summed E-state index contributed by atoms with van der Waals surface area (Å²) in [7, 11) is 0. The summed E-state index contributed by atoms with van der Waals surface area (Å²) in [5, 5.41) is 1.48. The predicted octanol–water partition coefficient (Wildman–Crippen LogP) is 3.72. The Bertz CT molecular complexity index is 506. The van der Waals surface area contributed by atoms with Gasteiger partial charge in [0.25, 0.3) is 0 Å². The van der Waals surface area contributed by atoms with E-state index in [9.17, 15) is 0 Å². The van der Waals surface area contributed by atoms with Gasteiger partial charge < -0.3 is 0 Å². The van der Waals surface area contributed by atoms with E-state index in [1.807, 2.05) is 13.0 Å². The van der Waals surface area contributed by atoms with Gasteiger partial charge >= 0.3 is 0 Å². The Morgan fingerprint density at radius 1 is 1.20 bits per heavy atom. The molecule has 0 aliphatic rings. The fourth-order valence-corrected chi connectivity index (χ4v) is 1.85. The van der Waals surface area contributed by atoms with Crippen molar-refractivity contribution in [2.45, 2.75) is 26.7 Å². The van der Waals surface area contributed by atoms with E-state index in [-0.39, 0.29) is 0 Å². The summed E-state index contributed by atoms with van der Waals surface area (Å²) in [5.74, 6) is 1.21. The van der Waals surface area contributed by atoms with Gasteiger partial charge in [0.05, 0.1) is 5.52 Å². The van der Waals surface area contributed by atoms with Crippen LogP contribution in [0.5, 0.6) is 0 Å². The number of hydrogen-bond acceptors (Lipinski definition) is 2. The fourth-order valence-electron chi connectivity index (χ4n) is 1.58. The van der Waals surface area contributed by atoms with Gasteiger partial charge in [-0.15, -0.1) is 0 Å². The topological polar surface area (TPSA) is 25.8 Å². The summed E-state index contributed by atoms with van der Waals surface area (Å²) < 4.78 is 0. The third kappa shape index (κ3) is 1.95. The zero-order valence-electron chi connectivity index (χ0n) is 9.08. The average molecular weight is 221 g/mol. The molecule has 1 aromatic carbocycles. The van der Waals surface area contributed by atoms with Gasteiger partial charge in [0.15, 0.2) is 0 Å². The maximum Gasteiger partial charge on any atom is 0.140 e. The van der Waals surface area contributed by atoms with Gasteiger partial charge in [-0.1, -0.05) is 31.5 Å². The fraction of sp³-hybridized carbons (Fsp3) is 0.333. The van der Waals surface area contributed by atoms with Gasteiger partial charge in [-0.25, -0.2) is 9.97 Å². The zero-order chi connectivity index (χ0) is 11.0. The van der Waals surface area contributed by atoms with E-state index in [0.717, 1.165) is 10.9 Å². The van der Waals surface area contributed by atoms with Crippen molar-refractivity contribution in [1.29, 1.82) is 0 Å². The van der Waals surface area contributed by atoms with Crippen LogP contribution in [0.15, 0.2) is 18.2 Å². The Morgan fingerprint density at radius 2 is 1.93 bits per heavy atom. The Hall–Kier alpha value is -1.15. The van der Waals surface area contributed by atoms with Crippen LogP contribution >= 0.6 is 11.6 Å². The number of aromatic nitrogens is 2. The predicted molar refractivity (Wildman–Crippen MR) is 63.4 cm³/mol. The second-order valence-corrected chi connectivity index (χ2v) is 4.35. The number of benzene rings is 1. The van der Waals surface area contributed by atoms with Crippen LogP contribution in [0.2, 0.25) is 5.15 Å². The highest BCUT2D eigenvalue weighted by atomic mass is 35.5. The minimum atomic E-state index is 0.492. The molecule has 1 aromatic heterocycles. The molecule has 0 aliphatic heterocycles. The number of fused-ring (bicyclic) bond motifs is 1. The van der Waals surface area contributed by atoms with E-state index in [4.69, 9.17) is 11.6 Å². The van der Waals surface area contributed by atoms with Crippen molar-refractivity contribution >= 4 is 22.5 Å². The van der Waals surface area contributed by atoms with Crippen molar-refractivity contribution in [1.82, 2.24) is 9.97 Å². The van der Waals surface area contributed by atoms with Crippen LogP contribution in [-0.4, -0.2) is 9.97 Å². The highest BCUT2D eigenvalue weighted by molar-refractivity contribution is 6.34. The molecule has 0 radical (unpaired) electrons. The van der Waals surface area contributed by atoms with Crippen LogP contribution in [0.25, 0.3) is 10.9 Å². The van der Waals surface area contributed by atoms with Crippen molar-refractivity contribution in [2.24, 2.45) is 0 Å². The van der Waals surface area contributed by atoms with Crippen molar-refractivity contribution in [3.05, 3.63) is 34.7 Å². The summed E-state index contributed by atoms with van der Waals surface area (Å²) in [6, 6.07) is 6.17. The molecule has 1 heterocycles. The van der Waals surface area contributed by atoms with Crippen LogP contribution in [0.1, 0.15) is 31.2 Å². The normalized spacial score (nSPS) is 11.3. The summed E-state index contributed by atoms with van der Waals surface area (Å²) in [6.45, 7) is 6.16. The molecular weight excluding hydrogens is 208 g/mol. The van der Waals surface area contributed by atoms with Crippen LogP contribution in [-0.2, 0) is 0 Å². The van der Waals surface area contributed by atoms with Crippen LogP contribution < -0.4 is 0 Å². The minimum absolute atomic E-state index is 0.492. The standard InChI is InChI=1S/C12H13ClN2/c1-7(2)9-4-5-11-10(6-9)12(13)15-8(3)14-11/h4-7H,1-3H3. The number of halogens is 1. The smallest absolute Gasteiger partial charge is 0.140 e. The molecule has 2 rings (SSSR count). The molecule has 2 nitrogen and oxygen atoms in total. The van der Waals surface area contributed by atoms with Crippen LogP contribution in [0.4, 0.5) is 0 Å². The van der Waals surface area contributed by atoms with E-state index >= 15 is 0 Å². The first-order valence-corrected chi connectivity index (χ1v) is 5.39. The molecule has 0 fully saturated rings. The lowest BCUT2D eigenvalue weighted by molar-refractivity contribution is 0.868. The maximum atomic E-state index is 6.09. The Kier molecular flexibility index (Phi) is 2.61. The molecule has 78 valence electrons. The number of aryl methyl sites for hydroxylation is 1. The largest absolute Gasteiger partial charge is 0.233 e. The van der Waals surface area contributed by atoms with Crippen LogP contribution in [0, 0.1) is 6.92 Å². The number of rotatable bonds is 1. The number of hydrogen-bond donors (Lipinski definition) is 0.